The number of nitro benzene ring substituents is 1. The van der Waals surface area contributed by atoms with Gasteiger partial charge in [0.15, 0.2) is 11.5 Å². The Kier molecular flexibility index (Phi) is 7.66. The van der Waals surface area contributed by atoms with E-state index < -0.39 is 16.1 Å². The van der Waals surface area contributed by atoms with Crippen LogP contribution in [0.4, 0.5) is 10.5 Å². The number of non-ortho nitro benzene ring substituents is 1. The van der Waals surface area contributed by atoms with Crippen LogP contribution in [0.2, 0.25) is 5.02 Å². The first kappa shape index (κ1) is 26.5. The summed E-state index contributed by atoms with van der Waals surface area (Å²) in [5.41, 5.74) is 2.00. The maximum Gasteiger partial charge on any atom is 0.293 e. The molecule has 0 saturated carbocycles. The van der Waals surface area contributed by atoms with Crippen molar-refractivity contribution in [1.82, 2.24) is 4.90 Å². The summed E-state index contributed by atoms with van der Waals surface area (Å²) in [4.78, 5) is 37.5. The molecular weight excluding hydrogens is 668 g/mol. The molecule has 0 N–H and O–H groups in total. The fourth-order valence-corrected chi connectivity index (χ4v) is 6.21. The SMILES string of the molecule is O=C1S/C(=C\c2cc(Br)c(OCc3ccc([N+](=O)[O-])cc3)c(Br)c2)C(=O)N1Cc1cc2c(cc1Cl)OCO2. The summed E-state index contributed by atoms with van der Waals surface area (Å²) in [5.74, 6) is 1.12. The predicted molar refractivity (Wildman–Crippen MR) is 148 cm³/mol. The molecule has 2 heterocycles. The topological polar surface area (TPSA) is 108 Å². The van der Waals surface area contributed by atoms with Crippen molar-refractivity contribution in [3.8, 4) is 17.2 Å². The Balaban J connectivity index is 1.30. The number of hydrogen-bond donors (Lipinski definition) is 0. The van der Waals surface area contributed by atoms with Gasteiger partial charge >= 0.3 is 0 Å². The molecule has 1 fully saturated rings. The van der Waals surface area contributed by atoms with Gasteiger partial charge in [0.2, 0.25) is 6.79 Å². The summed E-state index contributed by atoms with van der Waals surface area (Å²) in [7, 11) is 0. The average Bonchev–Trinajstić information content (AvgIpc) is 3.43. The van der Waals surface area contributed by atoms with E-state index in [4.69, 9.17) is 25.8 Å². The molecule has 3 aromatic carbocycles. The number of amides is 2. The molecule has 1 saturated heterocycles. The molecule has 0 aromatic heterocycles. The summed E-state index contributed by atoms with van der Waals surface area (Å²) in [6, 6.07) is 12.9. The molecule has 13 heteroatoms. The van der Waals surface area contributed by atoms with Crippen molar-refractivity contribution >= 4 is 78.1 Å². The van der Waals surface area contributed by atoms with E-state index in [9.17, 15) is 19.7 Å². The van der Waals surface area contributed by atoms with Crippen molar-refractivity contribution in [2.45, 2.75) is 13.2 Å². The third kappa shape index (κ3) is 5.53. The van der Waals surface area contributed by atoms with Crippen molar-refractivity contribution < 1.29 is 28.7 Å². The highest BCUT2D eigenvalue weighted by molar-refractivity contribution is 9.11. The Hall–Kier alpha value is -3.06. The van der Waals surface area contributed by atoms with Crippen LogP contribution in [0.3, 0.4) is 0 Å². The molecule has 9 nitrogen and oxygen atoms in total. The second-order valence-electron chi connectivity index (χ2n) is 8.09. The van der Waals surface area contributed by atoms with Crippen molar-refractivity contribution in [1.29, 1.82) is 0 Å². The fourth-order valence-electron chi connectivity index (χ4n) is 3.71. The van der Waals surface area contributed by atoms with Crippen molar-refractivity contribution in [3.63, 3.8) is 0 Å². The number of carbonyl (C=O) groups excluding carboxylic acids is 2. The largest absolute Gasteiger partial charge is 0.487 e. The number of carbonyl (C=O) groups is 2. The molecule has 38 heavy (non-hydrogen) atoms. The monoisotopic (exact) mass is 680 g/mol. The van der Waals surface area contributed by atoms with Gasteiger partial charge in [0.25, 0.3) is 16.8 Å². The third-order valence-corrected chi connectivity index (χ3v) is 8.03. The van der Waals surface area contributed by atoms with Gasteiger partial charge in [-0.25, -0.2) is 0 Å². The standard InChI is InChI=1S/C25H15Br2ClN2O7S/c26-17-5-14(6-18(27)23(17)35-11-13-1-3-16(4-2-13)30(33)34)7-22-24(31)29(25(32)38-22)10-15-8-20-21(9-19(15)28)37-12-36-20/h1-9H,10-12H2/b22-7-. The molecule has 3 aromatic rings. The van der Waals surface area contributed by atoms with Gasteiger partial charge in [-0.1, -0.05) is 11.6 Å². The quantitative estimate of drug-likeness (QED) is 0.145. The molecule has 0 aliphatic carbocycles. The van der Waals surface area contributed by atoms with Gasteiger partial charge in [-0.05, 0) is 96.7 Å². The highest BCUT2D eigenvalue weighted by Gasteiger charge is 2.36. The van der Waals surface area contributed by atoms with Crippen LogP contribution in [-0.4, -0.2) is 27.8 Å². The van der Waals surface area contributed by atoms with Gasteiger partial charge in [-0.2, -0.15) is 0 Å². The fraction of sp³-hybridized carbons (Fsp3) is 0.120. The van der Waals surface area contributed by atoms with Gasteiger partial charge < -0.3 is 14.2 Å². The zero-order chi connectivity index (χ0) is 27.0. The number of nitro groups is 1. The summed E-state index contributed by atoms with van der Waals surface area (Å²) in [5, 5.41) is 10.8. The Morgan fingerprint density at radius 3 is 2.39 bits per heavy atom. The smallest absolute Gasteiger partial charge is 0.293 e. The second kappa shape index (κ2) is 11.0. The summed E-state index contributed by atoms with van der Waals surface area (Å²) in [6.07, 6.45) is 1.63. The summed E-state index contributed by atoms with van der Waals surface area (Å²) >= 11 is 14.1. The van der Waals surface area contributed by atoms with Crippen molar-refractivity contribution in [3.05, 3.63) is 94.2 Å². The lowest BCUT2D eigenvalue weighted by atomic mass is 10.1. The minimum Gasteiger partial charge on any atom is -0.487 e. The van der Waals surface area contributed by atoms with E-state index in [0.717, 1.165) is 22.2 Å². The maximum absolute atomic E-state index is 13.1. The number of nitrogens with zero attached hydrogens (tertiary/aromatic N) is 2. The predicted octanol–water partition coefficient (Wildman–Crippen LogP) is 7.32. The molecule has 5 rings (SSSR count). The van der Waals surface area contributed by atoms with E-state index in [-0.39, 0.29) is 30.5 Å². The van der Waals surface area contributed by atoms with Gasteiger partial charge in [0.05, 0.1) is 25.3 Å². The van der Waals surface area contributed by atoms with Crippen LogP contribution in [0.15, 0.2) is 62.4 Å². The third-order valence-electron chi connectivity index (χ3n) is 5.59. The lowest BCUT2D eigenvalue weighted by Gasteiger charge is -2.14. The molecule has 2 aliphatic rings. The van der Waals surface area contributed by atoms with Gasteiger partial charge in [0, 0.05) is 23.2 Å². The van der Waals surface area contributed by atoms with Crippen LogP contribution in [-0.2, 0) is 17.9 Å². The Labute approximate surface area is 242 Å². The molecule has 0 spiro atoms. The van der Waals surface area contributed by atoms with Crippen LogP contribution in [0, 0.1) is 10.1 Å². The molecule has 2 aliphatic heterocycles. The zero-order valence-electron chi connectivity index (χ0n) is 19.1. The Bertz CT molecular complexity index is 1490. The molecule has 0 radical (unpaired) electrons. The van der Waals surface area contributed by atoms with E-state index >= 15 is 0 Å². The minimum absolute atomic E-state index is 0.000288. The molecule has 2 amide bonds. The lowest BCUT2D eigenvalue weighted by molar-refractivity contribution is -0.384. The molecule has 194 valence electrons. The summed E-state index contributed by atoms with van der Waals surface area (Å²) in [6.45, 7) is 0.279. The minimum atomic E-state index is -0.461. The number of fused-ring (bicyclic) bond motifs is 1. The first-order valence-corrected chi connectivity index (χ1v) is 13.7. The number of benzene rings is 3. The lowest BCUT2D eigenvalue weighted by Crippen LogP contribution is -2.27. The number of hydrogen-bond acceptors (Lipinski definition) is 8. The molecule has 0 bridgehead atoms. The summed E-state index contributed by atoms with van der Waals surface area (Å²) < 4.78 is 17.8. The van der Waals surface area contributed by atoms with E-state index in [2.05, 4.69) is 31.9 Å². The molecule has 0 unspecified atom stereocenters. The number of imide groups is 1. The van der Waals surface area contributed by atoms with Crippen LogP contribution >= 0.6 is 55.2 Å². The van der Waals surface area contributed by atoms with Crippen LogP contribution < -0.4 is 14.2 Å². The van der Waals surface area contributed by atoms with Gasteiger partial charge in [0.1, 0.15) is 12.4 Å². The first-order chi connectivity index (χ1) is 18.2. The van der Waals surface area contributed by atoms with Crippen LogP contribution in [0.1, 0.15) is 16.7 Å². The van der Waals surface area contributed by atoms with Crippen LogP contribution in [0.5, 0.6) is 17.2 Å². The highest BCUT2D eigenvalue weighted by atomic mass is 79.9. The molecular formula is C25H15Br2ClN2O7S. The number of ether oxygens (including phenoxy) is 3. The van der Waals surface area contributed by atoms with E-state index in [1.165, 1.54) is 12.1 Å². The average molecular weight is 683 g/mol. The van der Waals surface area contributed by atoms with Crippen molar-refractivity contribution in [2.24, 2.45) is 0 Å². The molecule has 0 atom stereocenters. The number of thioether (sulfide) groups is 1. The number of halogens is 3. The van der Waals surface area contributed by atoms with Gasteiger partial charge in [-0.15, -0.1) is 0 Å². The van der Waals surface area contributed by atoms with E-state index in [1.54, 1.807) is 42.5 Å². The second-order valence-corrected chi connectivity index (χ2v) is 11.2. The van der Waals surface area contributed by atoms with Gasteiger partial charge in [-0.3, -0.25) is 24.6 Å². The highest BCUT2D eigenvalue weighted by Crippen LogP contribution is 2.41. The maximum atomic E-state index is 13.1. The Morgan fingerprint density at radius 1 is 1.08 bits per heavy atom. The van der Waals surface area contributed by atoms with E-state index in [0.29, 0.717) is 42.3 Å². The van der Waals surface area contributed by atoms with Crippen LogP contribution in [0.25, 0.3) is 6.08 Å². The van der Waals surface area contributed by atoms with Crippen molar-refractivity contribution in [2.75, 3.05) is 6.79 Å². The number of rotatable bonds is 7. The first-order valence-electron chi connectivity index (χ1n) is 10.9. The normalized spacial score (nSPS) is 15.4. The Morgan fingerprint density at radius 2 is 1.74 bits per heavy atom. The zero-order valence-corrected chi connectivity index (χ0v) is 23.9. The van der Waals surface area contributed by atoms with E-state index in [1.807, 2.05) is 0 Å².